The Kier molecular flexibility index (Phi) is 5.85. The van der Waals surface area contributed by atoms with E-state index < -0.39 is 0 Å². The third kappa shape index (κ3) is 4.36. The highest BCUT2D eigenvalue weighted by Crippen LogP contribution is 2.29. The van der Waals surface area contributed by atoms with Crippen molar-refractivity contribution in [1.29, 1.82) is 0 Å². The quantitative estimate of drug-likeness (QED) is 0.465. The first-order valence-corrected chi connectivity index (χ1v) is 10.5. The second-order valence-corrected chi connectivity index (χ2v) is 7.39. The Balaban J connectivity index is 1.47. The van der Waals surface area contributed by atoms with Crippen LogP contribution in [0.15, 0.2) is 70.2 Å². The van der Waals surface area contributed by atoms with Gasteiger partial charge in [0.05, 0.1) is 29.3 Å². The first-order valence-electron chi connectivity index (χ1n) is 9.58. The van der Waals surface area contributed by atoms with E-state index in [1.54, 1.807) is 38.1 Å². The number of hydrogen-bond acceptors (Lipinski definition) is 8. The summed E-state index contributed by atoms with van der Waals surface area (Å²) in [7, 11) is 0. The first kappa shape index (κ1) is 20.4. The van der Waals surface area contributed by atoms with E-state index in [2.05, 4.69) is 20.6 Å². The van der Waals surface area contributed by atoms with Crippen molar-refractivity contribution in [3.05, 3.63) is 65.5 Å². The number of anilines is 2. The lowest BCUT2D eigenvalue weighted by atomic mass is 10.2. The van der Waals surface area contributed by atoms with Crippen LogP contribution in [0.1, 0.15) is 24.2 Å². The maximum atomic E-state index is 12.8. The van der Waals surface area contributed by atoms with Crippen LogP contribution in [-0.4, -0.2) is 34.9 Å². The maximum absolute atomic E-state index is 12.8. The molecular formula is C22H19N5O3S. The molecule has 2 aromatic carbocycles. The van der Waals surface area contributed by atoms with Crippen molar-refractivity contribution in [3.63, 3.8) is 0 Å². The smallest absolute Gasteiger partial charge is 0.338 e. The van der Waals surface area contributed by atoms with Crippen LogP contribution in [0, 0.1) is 0 Å². The second-order valence-electron chi connectivity index (χ2n) is 6.55. The molecule has 0 saturated carbocycles. The fourth-order valence-electron chi connectivity index (χ4n) is 2.87. The molecule has 0 unspecified atom stereocenters. The molecule has 0 aliphatic carbocycles. The van der Waals surface area contributed by atoms with Crippen molar-refractivity contribution in [1.82, 2.24) is 4.98 Å². The Bertz CT molecular complexity index is 1170. The zero-order valence-electron chi connectivity index (χ0n) is 16.9. The van der Waals surface area contributed by atoms with Crippen LogP contribution in [0.3, 0.4) is 0 Å². The summed E-state index contributed by atoms with van der Waals surface area (Å²) in [6.07, 6.45) is 0. The van der Waals surface area contributed by atoms with Gasteiger partial charge in [-0.05, 0) is 38.1 Å². The van der Waals surface area contributed by atoms with E-state index in [0.717, 1.165) is 11.3 Å². The summed E-state index contributed by atoms with van der Waals surface area (Å²) in [5.74, 6) is -0.745. The van der Waals surface area contributed by atoms with Gasteiger partial charge in [0.2, 0.25) is 5.13 Å². The van der Waals surface area contributed by atoms with Crippen LogP contribution < -0.4 is 10.4 Å². The van der Waals surface area contributed by atoms with Gasteiger partial charge >= 0.3 is 11.9 Å². The van der Waals surface area contributed by atoms with Gasteiger partial charge in [0.1, 0.15) is 0 Å². The number of esters is 1. The molecule has 9 heteroatoms. The number of nitrogens with zero attached hydrogens (tertiary/aromatic N) is 4. The summed E-state index contributed by atoms with van der Waals surface area (Å²) in [6.45, 7) is 3.79. The second kappa shape index (κ2) is 8.88. The highest BCUT2D eigenvalue weighted by atomic mass is 32.1. The number of nitrogens with one attached hydrogen (secondary N) is 1. The molecule has 1 N–H and O–H groups in total. The minimum atomic E-state index is -0.386. The van der Waals surface area contributed by atoms with Crippen molar-refractivity contribution < 1.29 is 14.3 Å². The lowest BCUT2D eigenvalue weighted by Gasteiger charge is -2.07. The number of amides is 1. The average molecular weight is 433 g/mol. The van der Waals surface area contributed by atoms with Crippen LogP contribution in [0.2, 0.25) is 0 Å². The fraction of sp³-hybridized carbons (Fsp3) is 0.136. The Labute approximate surface area is 182 Å². The third-order valence-corrected chi connectivity index (χ3v) is 5.24. The van der Waals surface area contributed by atoms with E-state index >= 15 is 0 Å². The molecule has 0 radical (unpaired) electrons. The number of benzene rings is 2. The van der Waals surface area contributed by atoms with E-state index in [9.17, 15) is 9.59 Å². The fourth-order valence-corrected chi connectivity index (χ4v) is 3.66. The SMILES string of the molecule is CCOC(=O)c1ccc(N/N=C2/C(=O)N(c3nc(-c4ccccc4)cs3)N=C2C)cc1. The van der Waals surface area contributed by atoms with E-state index in [4.69, 9.17) is 4.74 Å². The Morgan fingerprint density at radius 3 is 2.61 bits per heavy atom. The van der Waals surface area contributed by atoms with Gasteiger partial charge in [0, 0.05) is 10.9 Å². The topological polar surface area (TPSA) is 96.2 Å². The minimum Gasteiger partial charge on any atom is -0.462 e. The Hall–Kier alpha value is -3.85. The largest absolute Gasteiger partial charge is 0.462 e. The van der Waals surface area contributed by atoms with E-state index in [1.165, 1.54) is 16.3 Å². The van der Waals surface area contributed by atoms with Crippen LogP contribution >= 0.6 is 11.3 Å². The molecule has 1 aliphatic rings. The molecule has 0 fully saturated rings. The number of thiazole rings is 1. The lowest BCUT2D eigenvalue weighted by Crippen LogP contribution is -2.27. The molecular weight excluding hydrogens is 414 g/mol. The van der Waals surface area contributed by atoms with E-state index in [0.29, 0.717) is 28.7 Å². The number of ether oxygens (including phenoxy) is 1. The van der Waals surface area contributed by atoms with Crippen LogP contribution in [-0.2, 0) is 9.53 Å². The molecule has 4 rings (SSSR count). The first-order chi connectivity index (χ1) is 15.1. The summed E-state index contributed by atoms with van der Waals surface area (Å²) in [6, 6.07) is 16.4. The van der Waals surface area contributed by atoms with Gasteiger partial charge in [-0.1, -0.05) is 30.3 Å². The summed E-state index contributed by atoms with van der Waals surface area (Å²) in [5, 5.41) is 12.2. The van der Waals surface area contributed by atoms with Crippen LogP contribution in [0.25, 0.3) is 11.3 Å². The number of aromatic nitrogens is 1. The minimum absolute atomic E-state index is 0.200. The molecule has 2 heterocycles. The van der Waals surface area contributed by atoms with Gasteiger partial charge < -0.3 is 4.74 Å². The zero-order valence-corrected chi connectivity index (χ0v) is 17.7. The molecule has 1 amide bonds. The van der Waals surface area contributed by atoms with Crippen molar-refractivity contribution in [3.8, 4) is 11.3 Å². The van der Waals surface area contributed by atoms with Crippen molar-refractivity contribution in [2.75, 3.05) is 17.0 Å². The molecule has 31 heavy (non-hydrogen) atoms. The average Bonchev–Trinajstić information content (AvgIpc) is 3.38. The molecule has 0 spiro atoms. The predicted octanol–water partition coefficient (Wildman–Crippen LogP) is 4.18. The molecule has 1 aromatic heterocycles. The van der Waals surface area contributed by atoms with E-state index in [1.807, 2.05) is 35.7 Å². The highest BCUT2D eigenvalue weighted by Gasteiger charge is 2.32. The Morgan fingerprint density at radius 1 is 1.16 bits per heavy atom. The summed E-state index contributed by atoms with van der Waals surface area (Å²) >= 11 is 1.34. The molecule has 8 nitrogen and oxygen atoms in total. The maximum Gasteiger partial charge on any atom is 0.338 e. The van der Waals surface area contributed by atoms with Crippen LogP contribution in [0.5, 0.6) is 0 Å². The number of carbonyl (C=O) groups excluding carboxylic acids is 2. The van der Waals surface area contributed by atoms with Crippen LogP contribution in [0.4, 0.5) is 10.8 Å². The lowest BCUT2D eigenvalue weighted by molar-refractivity contribution is -0.112. The van der Waals surface area contributed by atoms with Crippen molar-refractivity contribution in [2.45, 2.75) is 13.8 Å². The number of carbonyl (C=O) groups is 2. The molecule has 0 atom stereocenters. The van der Waals surface area contributed by atoms with Crippen molar-refractivity contribution >= 4 is 45.5 Å². The van der Waals surface area contributed by atoms with Gasteiger partial charge in [-0.15, -0.1) is 11.3 Å². The molecule has 156 valence electrons. The monoisotopic (exact) mass is 433 g/mol. The third-order valence-electron chi connectivity index (χ3n) is 4.42. The molecule has 0 bridgehead atoms. The van der Waals surface area contributed by atoms with Gasteiger partial charge in [0.15, 0.2) is 5.71 Å². The highest BCUT2D eigenvalue weighted by molar-refractivity contribution is 7.14. The van der Waals surface area contributed by atoms with Gasteiger partial charge in [-0.2, -0.15) is 15.2 Å². The molecule has 1 aliphatic heterocycles. The number of hydrazone groups is 2. The van der Waals surface area contributed by atoms with Crippen molar-refractivity contribution in [2.24, 2.45) is 10.2 Å². The summed E-state index contributed by atoms with van der Waals surface area (Å²) in [4.78, 5) is 29.1. The van der Waals surface area contributed by atoms with E-state index in [-0.39, 0.29) is 17.6 Å². The normalized spacial score (nSPS) is 14.6. The van der Waals surface area contributed by atoms with Gasteiger partial charge in [0.25, 0.3) is 0 Å². The van der Waals surface area contributed by atoms with Gasteiger partial charge in [-0.3, -0.25) is 10.2 Å². The zero-order chi connectivity index (χ0) is 21.8. The van der Waals surface area contributed by atoms with Gasteiger partial charge in [-0.25, -0.2) is 9.78 Å². The molecule has 0 saturated heterocycles. The number of rotatable bonds is 6. The standard InChI is InChI=1S/C22H19N5O3S/c1-3-30-21(29)16-9-11-17(12-10-16)24-25-19-14(2)26-27(20(19)28)22-23-18(13-31-22)15-7-5-4-6-8-15/h4-13,24H,3H2,1-2H3/b25-19+. The number of hydrogen-bond donors (Lipinski definition) is 1. The molecule has 3 aromatic rings. The predicted molar refractivity (Wildman–Crippen MR) is 122 cm³/mol. The summed E-state index contributed by atoms with van der Waals surface area (Å²) < 4.78 is 4.96. The summed E-state index contributed by atoms with van der Waals surface area (Å²) in [5.41, 5.74) is 6.35. The Morgan fingerprint density at radius 2 is 1.90 bits per heavy atom.